The van der Waals surface area contributed by atoms with Gasteiger partial charge in [-0.2, -0.15) is 0 Å². The number of amides is 1. The van der Waals surface area contributed by atoms with Crippen LogP contribution in [-0.4, -0.2) is 28.9 Å². The minimum absolute atomic E-state index is 0.119. The molecule has 1 aromatic heterocycles. The molecule has 1 amide bonds. The van der Waals surface area contributed by atoms with Crippen molar-refractivity contribution in [1.82, 2.24) is 9.88 Å². The Morgan fingerprint density at radius 3 is 2.61 bits per heavy atom. The van der Waals surface area contributed by atoms with E-state index in [0.717, 1.165) is 42.0 Å². The fraction of sp³-hybridized carbons (Fsp3) is 0.148. The molecule has 3 aromatic carbocycles. The number of hydrogen-bond donors (Lipinski definition) is 1. The number of benzene rings is 3. The largest absolute Gasteiger partial charge is 0.355 e. The third-order valence-corrected chi connectivity index (χ3v) is 6.41. The van der Waals surface area contributed by atoms with Crippen LogP contribution in [0.1, 0.15) is 33.3 Å². The fourth-order valence-corrected chi connectivity index (χ4v) is 5.01. The molecule has 6 rings (SSSR count). The van der Waals surface area contributed by atoms with Gasteiger partial charge in [0.2, 0.25) is 0 Å². The summed E-state index contributed by atoms with van der Waals surface area (Å²) in [6, 6.07) is 26.8. The van der Waals surface area contributed by atoms with E-state index in [1.165, 1.54) is 16.5 Å². The van der Waals surface area contributed by atoms with Crippen molar-refractivity contribution in [2.75, 3.05) is 18.0 Å². The van der Waals surface area contributed by atoms with E-state index in [1.807, 2.05) is 41.3 Å². The number of rotatable bonds is 3. The van der Waals surface area contributed by atoms with Gasteiger partial charge in [-0.25, -0.2) is 0 Å². The fourth-order valence-electron chi connectivity index (χ4n) is 5.01. The standard InChI is InChI=1S/C27H23N3O/c31-27-22-13-5-7-15-24(22)29(17-8-11-19-9-2-1-3-10-19)26-25-21(16-18-30(26)27)20-12-4-6-14-23(20)28-25/h1-15,26,28H,16-18H2/b11-8+. The summed E-state index contributed by atoms with van der Waals surface area (Å²) in [6.45, 7) is 1.45. The summed E-state index contributed by atoms with van der Waals surface area (Å²) in [5.41, 5.74) is 6.57. The summed E-state index contributed by atoms with van der Waals surface area (Å²) in [7, 11) is 0. The lowest BCUT2D eigenvalue weighted by Gasteiger charge is -2.47. The van der Waals surface area contributed by atoms with E-state index in [1.54, 1.807) is 0 Å². The van der Waals surface area contributed by atoms with Crippen LogP contribution >= 0.6 is 0 Å². The monoisotopic (exact) mass is 405 g/mol. The first-order valence-electron chi connectivity index (χ1n) is 10.8. The number of carbonyl (C=O) groups is 1. The highest BCUT2D eigenvalue weighted by Crippen LogP contribution is 2.43. The molecule has 3 heterocycles. The van der Waals surface area contributed by atoms with Gasteiger partial charge in [-0.3, -0.25) is 4.79 Å². The topological polar surface area (TPSA) is 39.3 Å². The Morgan fingerprint density at radius 2 is 1.71 bits per heavy atom. The summed E-state index contributed by atoms with van der Waals surface area (Å²) in [5.74, 6) is 0.119. The van der Waals surface area contributed by atoms with Crippen LogP contribution in [0.5, 0.6) is 0 Å². The van der Waals surface area contributed by atoms with Crippen molar-refractivity contribution in [3.8, 4) is 0 Å². The summed E-state index contributed by atoms with van der Waals surface area (Å²) in [6.07, 6.45) is 5.09. The zero-order valence-electron chi connectivity index (χ0n) is 17.2. The molecule has 31 heavy (non-hydrogen) atoms. The average Bonchev–Trinajstić information content (AvgIpc) is 3.20. The molecule has 0 radical (unpaired) electrons. The molecular formula is C27H23N3O. The quantitative estimate of drug-likeness (QED) is 0.496. The van der Waals surface area contributed by atoms with Gasteiger partial charge in [0.1, 0.15) is 6.17 Å². The Hall–Kier alpha value is -3.79. The molecule has 4 aromatic rings. The van der Waals surface area contributed by atoms with Crippen molar-refractivity contribution in [3.63, 3.8) is 0 Å². The van der Waals surface area contributed by atoms with Crippen LogP contribution in [0, 0.1) is 0 Å². The van der Waals surface area contributed by atoms with E-state index >= 15 is 0 Å². The van der Waals surface area contributed by atoms with E-state index in [2.05, 4.69) is 64.5 Å². The molecule has 0 aliphatic carbocycles. The molecule has 1 N–H and O–H groups in total. The molecule has 0 saturated carbocycles. The van der Waals surface area contributed by atoms with Gasteiger partial charge in [-0.15, -0.1) is 0 Å². The molecule has 4 heteroatoms. The van der Waals surface area contributed by atoms with Crippen LogP contribution in [-0.2, 0) is 6.42 Å². The molecular weight excluding hydrogens is 382 g/mol. The van der Waals surface area contributed by atoms with Gasteiger partial charge in [0.15, 0.2) is 0 Å². The smallest absolute Gasteiger partial charge is 0.257 e. The van der Waals surface area contributed by atoms with Crippen molar-refractivity contribution in [2.24, 2.45) is 0 Å². The Labute approximate surface area is 181 Å². The molecule has 1 atom stereocenters. The van der Waals surface area contributed by atoms with Crippen LogP contribution < -0.4 is 4.90 Å². The van der Waals surface area contributed by atoms with E-state index in [0.29, 0.717) is 0 Å². The van der Waals surface area contributed by atoms with Crippen molar-refractivity contribution >= 4 is 28.6 Å². The van der Waals surface area contributed by atoms with Gasteiger partial charge >= 0.3 is 0 Å². The number of nitrogens with one attached hydrogen (secondary N) is 1. The normalized spacial score (nSPS) is 17.7. The van der Waals surface area contributed by atoms with Gasteiger partial charge in [-0.1, -0.05) is 72.8 Å². The minimum Gasteiger partial charge on any atom is -0.355 e. The summed E-state index contributed by atoms with van der Waals surface area (Å²) >= 11 is 0. The number of anilines is 1. The van der Waals surface area contributed by atoms with Crippen molar-refractivity contribution in [2.45, 2.75) is 12.6 Å². The highest BCUT2D eigenvalue weighted by molar-refractivity contribution is 6.02. The molecule has 0 fully saturated rings. The number of H-pyrrole nitrogens is 1. The zero-order valence-corrected chi connectivity index (χ0v) is 17.2. The molecule has 2 aliphatic rings. The molecule has 2 aliphatic heterocycles. The van der Waals surface area contributed by atoms with E-state index in [4.69, 9.17) is 0 Å². The first kappa shape index (κ1) is 18.0. The highest BCUT2D eigenvalue weighted by atomic mass is 16.2. The number of aromatic nitrogens is 1. The molecule has 4 nitrogen and oxygen atoms in total. The van der Waals surface area contributed by atoms with Crippen LogP contribution in [0.2, 0.25) is 0 Å². The molecule has 152 valence electrons. The lowest BCUT2D eigenvalue weighted by Crippen LogP contribution is -2.52. The molecule has 1 unspecified atom stereocenters. The van der Waals surface area contributed by atoms with Crippen LogP contribution in [0.25, 0.3) is 17.0 Å². The zero-order chi connectivity index (χ0) is 20.8. The number of nitrogens with zero attached hydrogens (tertiary/aromatic N) is 2. The van der Waals surface area contributed by atoms with Crippen LogP contribution in [0.15, 0.2) is 84.9 Å². The van der Waals surface area contributed by atoms with Crippen molar-refractivity contribution < 1.29 is 4.79 Å². The maximum Gasteiger partial charge on any atom is 0.257 e. The van der Waals surface area contributed by atoms with Crippen molar-refractivity contribution in [3.05, 3.63) is 107 Å². The lowest BCUT2D eigenvalue weighted by molar-refractivity contribution is 0.0631. The number of hydrogen-bond acceptors (Lipinski definition) is 2. The lowest BCUT2D eigenvalue weighted by atomic mass is 9.95. The maximum atomic E-state index is 13.4. The second-order valence-electron chi connectivity index (χ2n) is 8.17. The van der Waals surface area contributed by atoms with Gasteiger partial charge in [0.05, 0.1) is 16.9 Å². The van der Waals surface area contributed by atoms with Gasteiger partial charge in [0, 0.05) is 24.0 Å². The highest BCUT2D eigenvalue weighted by Gasteiger charge is 2.42. The third-order valence-electron chi connectivity index (χ3n) is 6.41. The Bertz CT molecular complexity index is 1300. The summed E-state index contributed by atoms with van der Waals surface area (Å²) in [5, 5.41) is 1.27. The molecule has 0 saturated heterocycles. The van der Waals surface area contributed by atoms with E-state index in [-0.39, 0.29) is 12.1 Å². The maximum absolute atomic E-state index is 13.4. The molecule has 0 bridgehead atoms. The van der Waals surface area contributed by atoms with Crippen LogP contribution in [0.4, 0.5) is 5.69 Å². The Morgan fingerprint density at radius 1 is 0.935 bits per heavy atom. The van der Waals surface area contributed by atoms with Crippen LogP contribution in [0.3, 0.4) is 0 Å². The summed E-state index contributed by atoms with van der Waals surface area (Å²) in [4.78, 5) is 21.4. The SMILES string of the molecule is O=C1c2ccccc2N(C/C=C/c2ccccc2)C2c3[nH]c4ccccc4c3CCN12. The first-order valence-corrected chi connectivity index (χ1v) is 10.8. The van der Waals surface area contributed by atoms with Crippen molar-refractivity contribution in [1.29, 1.82) is 0 Å². The number of aromatic amines is 1. The molecule has 0 spiro atoms. The van der Waals surface area contributed by atoms with E-state index in [9.17, 15) is 4.79 Å². The van der Waals surface area contributed by atoms with Gasteiger partial charge in [0.25, 0.3) is 5.91 Å². The number of para-hydroxylation sites is 2. The second-order valence-corrected chi connectivity index (χ2v) is 8.17. The summed E-state index contributed by atoms with van der Waals surface area (Å²) < 4.78 is 0. The predicted molar refractivity (Wildman–Crippen MR) is 125 cm³/mol. The predicted octanol–water partition coefficient (Wildman–Crippen LogP) is 5.40. The Kier molecular flexibility index (Phi) is 4.17. The number of fused-ring (bicyclic) bond motifs is 6. The second kappa shape index (κ2) is 7.17. The number of carbonyl (C=O) groups excluding carboxylic acids is 1. The third kappa shape index (κ3) is 2.87. The first-order chi connectivity index (χ1) is 15.3. The minimum atomic E-state index is -0.126. The van der Waals surface area contributed by atoms with Gasteiger partial charge in [-0.05, 0) is 35.7 Å². The van der Waals surface area contributed by atoms with E-state index < -0.39 is 0 Å². The Balaban J connectivity index is 1.47. The van der Waals surface area contributed by atoms with Gasteiger partial charge < -0.3 is 14.8 Å². The average molecular weight is 406 g/mol.